The first-order chi connectivity index (χ1) is 15.2. The molecular formula is C26H27N3O2. The molecular weight excluding hydrogens is 386 g/mol. The molecule has 0 spiro atoms. The van der Waals surface area contributed by atoms with Gasteiger partial charge in [0.1, 0.15) is 6.54 Å². The fraction of sp³-hybridized carbons (Fsp3) is 0.231. The van der Waals surface area contributed by atoms with Crippen molar-refractivity contribution in [2.24, 2.45) is 0 Å². The summed E-state index contributed by atoms with van der Waals surface area (Å²) in [5.41, 5.74) is 4.20. The Balaban J connectivity index is 1.62. The highest BCUT2D eigenvalue weighted by atomic mass is 16.2. The van der Waals surface area contributed by atoms with Gasteiger partial charge < -0.3 is 15.1 Å². The van der Waals surface area contributed by atoms with Gasteiger partial charge in [-0.3, -0.25) is 9.59 Å². The van der Waals surface area contributed by atoms with Crippen LogP contribution >= 0.6 is 0 Å². The summed E-state index contributed by atoms with van der Waals surface area (Å²) >= 11 is 0. The van der Waals surface area contributed by atoms with E-state index in [1.165, 1.54) is 0 Å². The van der Waals surface area contributed by atoms with E-state index >= 15 is 0 Å². The number of hydrogen-bond donors (Lipinski definition) is 1. The van der Waals surface area contributed by atoms with E-state index < -0.39 is 0 Å². The Labute approximate surface area is 183 Å². The molecule has 0 radical (unpaired) electrons. The molecule has 0 saturated carbocycles. The van der Waals surface area contributed by atoms with Crippen molar-refractivity contribution in [1.82, 2.24) is 10.2 Å². The summed E-state index contributed by atoms with van der Waals surface area (Å²) in [7, 11) is 1.75. The van der Waals surface area contributed by atoms with Crippen LogP contribution in [0.25, 0.3) is 11.1 Å². The van der Waals surface area contributed by atoms with Gasteiger partial charge in [-0.2, -0.15) is 0 Å². The number of nitrogens with one attached hydrogen (secondary N) is 1. The molecule has 3 aromatic rings. The summed E-state index contributed by atoms with van der Waals surface area (Å²) in [5, 5.41) is 2.92. The van der Waals surface area contributed by atoms with Crippen LogP contribution < -0.4 is 10.2 Å². The average molecular weight is 414 g/mol. The first kappa shape index (κ1) is 20.8. The fourth-order valence-corrected chi connectivity index (χ4v) is 4.11. The number of piperazine rings is 1. The number of likely N-dealkylation sites (N-methyl/N-ethyl adjacent to an activating group) is 1. The first-order valence-corrected chi connectivity index (χ1v) is 10.6. The minimum absolute atomic E-state index is 0.0468. The lowest BCUT2D eigenvalue weighted by atomic mass is 10.00. The van der Waals surface area contributed by atoms with E-state index in [0.717, 1.165) is 22.4 Å². The summed E-state index contributed by atoms with van der Waals surface area (Å²) < 4.78 is 0. The van der Waals surface area contributed by atoms with Gasteiger partial charge in [0.25, 0.3) is 0 Å². The topological polar surface area (TPSA) is 52.7 Å². The third-order valence-electron chi connectivity index (χ3n) is 5.67. The van der Waals surface area contributed by atoms with Crippen molar-refractivity contribution < 1.29 is 9.59 Å². The third-order valence-corrected chi connectivity index (χ3v) is 5.67. The van der Waals surface area contributed by atoms with E-state index in [1.54, 1.807) is 11.9 Å². The van der Waals surface area contributed by atoms with Crippen molar-refractivity contribution >= 4 is 17.5 Å². The molecule has 1 heterocycles. The minimum atomic E-state index is -0.0821. The fourth-order valence-electron chi connectivity index (χ4n) is 4.11. The molecule has 2 amide bonds. The molecule has 3 aromatic carbocycles. The molecule has 5 heteroatoms. The molecule has 1 aliphatic rings. The zero-order valence-electron chi connectivity index (χ0n) is 17.7. The maximum atomic E-state index is 13.1. The molecule has 0 unspecified atom stereocenters. The quantitative estimate of drug-likeness (QED) is 0.674. The molecule has 1 aliphatic heterocycles. The van der Waals surface area contributed by atoms with Crippen LogP contribution in [0.3, 0.4) is 0 Å². The summed E-state index contributed by atoms with van der Waals surface area (Å²) in [6.07, 6.45) is 0.707. The van der Waals surface area contributed by atoms with Crippen molar-refractivity contribution in [1.29, 1.82) is 0 Å². The molecule has 0 bridgehead atoms. The van der Waals surface area contributed by atoms with Crippen molar-refractivity contribution in [3.8, 4) is 11.1 Å². The van der Waals surface area contributed by atoms with Gasteiger partial charge >= 0.3 is 0 Å². The summed E-state index contributed by atoms with van der Waals surface area (Å²) in [5.74, 6) is -0.103. The number of anilines is 1. The van der Waals surface area contributed by atoms with Crippen molar-refractivity contribution in [2.75, 3.05) is 31.6 Å². The van der Waals surface area contributed by atoms with Crippen LogP contribution in [0.2, 0.25) is 0 Å². The number of carbonyl (C=O) groups excluding carboxylic acids is 2. The highest BCUT2D eigenvalue weighted by Gasteiger charge is 2.35. The molecule has 0 aromatic heterocycles. The van der Waals surface area contributed by atoms with E-state index in [9.17, 15) is 9.59 Å². The van der Waals surface area contributed by atoms with Crippen molar-refractivity contribution in [2.45, 2.75) is 12.5 Å². The van der Waals surface area contributed by atoms with E-state index in [2.05, 4.69) is 41.7 Å². The number of hydrogen-bond acceptors (Lipinski definition) is 3. The molecule has 31 heavy (non-hydrogen) atoms. The molecule has 1 atom stereocenters. The van der Waals surface area contributed by atoms with Gasteiger partial charge in [0.15, 0.2) is 0 Å². The van der Waals surface area contributed by atoms with Gasteiger partial charge in [0, 0.05) is 12.2 Å². The van der Waals surface area contributed by atoms with E-state index in [4.69, 9.17) is 0 Å². The monoisotopic (exact) mass is 413 g/mol. The van der Waals surface area contributed by atoms with E-state index in [1.807, 2.05) is 53.4 Å². The minimum Gasteiger partial charge on any atom is -0.327 e. The van der Waals surface area contributed by atoms with Gasteiger partial charge in [-0.1, -0.05) is 72.8 Å². The van der Waals surface area contributed by atoms with Crippen molar-refractivity contribution in [3.63, 3.8) is 0 Å². The Bertz CT molecular complexity index is 1040. The number of nitrogens with zero attached hydrogens (tertiary/aromatic N) is 2. The first-order valence-electron chi connectivity index (χ1n) is 10.6. The lowest BCUT2D eigenvalue weighted by Gasteiger charge is -2.41. The summed E-state index contributed by atoms with van der Waals surface area (Å²) in [6, 6.07) is 28.2. The summed E-state index contributed by atoms with van der Waals surface area (Å²) in [4.78, 5) is 29.3. The molecule has 1 saturated heterocycles. The zero-order chi connectivity index (χ0) is 21.6. The Morgan fingerprint density at radius 3 is 2.32 bits per heavy atom. The average Bonchev–Trinajstić information content (AvgIpc) is 2.81. The Morgan fingerprint density at radius 1 is 0.935 bits per heavy atom. The maximum absolute atomic E-state index is 13.1. The van der Waals surface area contributed by atoms with Crippen molar-refractivity contribution in [3.05, 3.63) is 90.5 Å². The highest BCUT2D eigenvalue weighted by molar-refractivity contribution is 5.99. The molecule has 4 rings (SSSR count). The predicted octanol–water partition coefficient (Wildman–Crippen LogP) is 3.36. The van der Waals surface area contributed by atoms with Crippen LogP contribution in [0.15, 0.2) is 84.9 Å². The van der Waals surface area contributed by atoms with E-state index in [-0.39, 0.29) is 30.9 Å². The molecule has 1 N–H and O–H groups in total. The molecule has 0 aliphatic carbocycles. The number of benzene rings is 3. The van der Waals surface area contributed by atoms with Crippen LogP contribution in [0.1, 0.15) is 5.56 Å². The maximum Gasteiger partial charge on any atom is 0.246 e. The van der Waals surface area contributed by atoms with E-state index in [0.29, 0.717) is 13.0 Å². The number of rotatable bonds is 6. The van der Waals surface area contributed by atoms with Gasteiger partial charge in [0.2, 0.25) is 11.8 Å². The molecule has 1 fully saturated rings. The smallest absolute Gasteiger partial charge is 0.246 e. The van der Waals surface area contributed by atoms with Crippen LogP contribution in [0.5, 0.6) is 0 Å². The largest absolute Gasteiger partial charge is 0.327 e. The van der Waals surface area contributed by atoms with Gasteiger partial charge in [-0.05, 0) is 42.3 Å². The zero-order valence-corrected chi connectivity index (χ0v) is 17.7. The predicted molar refractivity (Wildman–Crippen MR) is 124 cm³/mol. The van der Waals surface area contributed by atoms with Crippen LogP contribution in [-0.4, -0.2) is 49.4 Å². The number of amides is 2. The van der Waals surface area contributed by atoms with Crippen LogP contribution in [-0.2, 0) is 16.0 Å². The second kappa shape index (κ2) is 9.58. The Kier molecular flexibility index (Phi) is 6.43. The molecule has 158 valence electrons. The van der Waals surface area contributed by atoms with Gasteiger partial charge in [0.05, 0.1) is 12.6 Å². The number of carbonyl (C=O) groups is 2. The summed E-state index contributed by atoms with van der Waals surface area (Å²) in [6.45, 7) is 0.789. The standard InChI is InChI=1S/C26H27N3O2/c1-27-17-25(30)29-19-26(31)28(18-24(29)15-20-9-4-2-5-10-20)23-14-8-13-22(16-23)21-11-6-3-7-12-21/h2-14,16,24,27H,15,17-19H2,1H3/t24-/m0/s1. The molecule has 5 nitrogen and oxygen atoms in total. The van der Waals surface area contributed by atoms with Crippen LogP contribution in [0, 0.1) is 0 Å². The van der Waals surface area contributed by atoms with Crippen LogP contribution in [0.4, 0.5) is 5.69 Å². The Hall–Kier alpha value is -3.44. The third kappa shape index (κ3) is 4.84. The normalized spacial score (nSPS) is 16.4. The lowest BCUT2D eigenvalue weighted by molar-refractivity contribution is -0.138. The van der Waals surface area contributed by atoms with Gasteiger partial charge in [-0.15, -0.1) is 0 Å². The second-order valence-corrected chi connectivity index (χ2v) is 7.82. The van der Waals surface area contributed by atoms with Gasteiger partial charge in [-0.25, -0.2) is 0 Å². The lowest BCUT2D eigenvalue weighted by Crippen LogP contribution is -2.60. The second-order valence-electron chi connectivity index (χ2n) is 7.82. The Morgan fingerprint density at radius 2 is 1.61 bits per heavy atom. The highest BCUT2D eigenvalue weighted by Crippen LogP contribution is 2.27. The SMILES string of the molecule is CNCC(=O)N1CC(=O)N(c2cccc(-c3ccccc3)c2)C[C@@H]1Cc1ccccc1.